The quantitative estimate of drug-likeness (QED) is 0.704. The Kier molecular flexibility index (Phi) is 4.29. The van der Waals surface area contributed by atoms with E-state index in [1.54, 1.807) is 0 Å². The summed E-state index contributed by atoms with van der Waals surface area (Å²) in [5, 5.41) is 0. The molecule has 0 spiro atoms. The van der Waals surface area contributed by atoms with Crippen molar-refractivity contribution in [1.29, 1.82) is 0 Å². The van der Waals surface area contributed by atoms with Crippen LogP contribution in [-0.2, 0) is 4.74 Å². The highest BCUT2D eigenvalue weighted by Gasteiger charge is 2.03. The molecule has 16 heavy (non-hydrogen) atoms. The van der Waals surface area contributed by atoms with Crippen LogP contribution in [0.4, 0.5) is 0 Å². The van der Waals surface area contributed by atoms with Crippen molar-refractivity contribution in [2.24, 2.45) is 0 Å². The number of hydrogen-bond acceptors (Lipinski definition) is 2. The van der Waals surface area contributed by atoms with Crippen LogP contribution in [0, 0.1) is 0 Å². The maximum atomic E-state index is 5.64. The molecule has 1 aromatic carbocycles. The maximum Gasteiger partial charge on any atom is 0.122 e. The zero-order chi connectivity index (χ0) is 11.1. The molecule has 1 aromatic rings. The number of allylic oxidation sites excluding steroid dienone is 2. The Bertz CT molecular complexity index is 330. The highest BCUT2D eigenvalue weighted by atomic mass is 16.5. The molecule has 0 radical (unpaired) electrons. The molecular formula is C14H18O2. The molecule has 86 valence electrons. The van der Waals surface area contributed by atoms with Crippen molar-refractivity contribution in [1.82, 2.24) is 0 Å². The Hall–Kier alpha value is -1.44. The van der Waals surface area contributed by atoms with Gasteiger partial charge in [0.05, 0.1) is 5.76 Å². The van der Waals surface area contributed by atoms with Gasteiger partial charge in [0.15, 0.2) is 0 Å². The molecule has 2 rings (SSSR count). The lowest BCUT2D eigenvalue weighted by atomic mass is 10.1. The van der Waals surface area contributed by atoms with Gasteiger partial charge in [-0.15, -0.1) is 0 Å². The zero-order valence-corrected chi connectivity index (χ0v) is 9.52. The normalized spacial score (nSPS) is 15.4. The molecule has 2 nitrogen and oxygen atoms in total. The van der Waals surface area contributed by atoms with E-state index in [1.165, 1.54) is 12.8 Å². The number of para-hydroxylation sites is 1. The van der Waals surface area contributed by atoms with Crippen molar-refractivity contribution in [3.8, 4) is 5.75 Å². The van der Waals surface area contributed by atoms with Crippen LogP contribution >= 0.6 is 0 Å². The van der Waals surface area contributed by atoms with Gasteiger partial charge in [-0.3, -0.25) is 0 Å². The lowest BCUT2D eigenvalue weighted by Crippen LogP contribution is -2.07. The van der Waals surface area contributed by atoms with E-state index in [0.29, 0.717) is 13.2 Å². The molecule has 0 atom stereocenters. The Labute approximate surface area is 96.9 Å². The lowest BCUT2D eigenvalue weighted by molar-refractivity contribution is 0.146. The molecule has 0 amide bonds. The second-order valence-electron chi connectivity index (χ2n) is 3.93. The van der Waals surface area contributed by atoms with Crippen molar-refractivity contribution in [3.63, 3.8) is 0 Å². The first-order chi connectivity index (χ1) is 7.95. The average molecular weight is 218 g/mol. The van der Waals surface area contributed by atoms with Crippen LogP contribution < -0.4 is 4.74 Å². The lowest BCUT2D eigenvalue weighted by Gasteiger charge is -2.14. The van der Waals surface area contributed by atoms with Crippen LogP contribution in [-0.4, -0.2) is 13.2 Å². The van der Waals surface area contributed by atoms with Gasteiger partial charge in [-0.1, -0.05) is 18.2 Å². The van der Waals surface area contributed by atoms with Crippen LogP contribution in [0.1, 0.15) is 25.7 Å². The fourth-order valence-electron chi connectivity index (χ4n) is 1.79. The van der Waals surface area contributed by atoms with Gasteiger partial charge in [-0.2, -0.15) is 0 Å². The molecule has 0 unspecified atom stereocenters. The predicted molar refractivity (Wildman–Crippen MR) is 64.4 cm³/mol. The monoisotopic (exact) mass is 218 g/mol. The van der Waals surface area contributed by atoms with Gasteiger partial charge < -0.3 is 9.47 Å². The van der Waals surface area contributed by atoms with E-state index in [4.69, 9.17) is 9.47 Å². The molecule has 0 saturated carbocycles. The minimum atomic E-state index is 0.612. The third-order valence-corrected chi connectivity index (χ3v) is 2.63. The standard InChI is InChI=1S/C14H18O2/c1-3-7-13(8-4-1)15-11-12-16-14-9-5-2-6-10-14/h1,3-4,7-9H,2,5-6,10-12H2. The Balaban J connectivity index is 1.63. The summed E-state index contributed by atoms with van der Waals surface area (Å²) in [6.45, 7) is 1.25. The zero-order valence-electron chi connectivity index (χ0n) is 9.52. The third kappa shape index (κ3) is 3.61. The molecule has 0 aliphatic heterocycles. The van der Waals surface area contributed by atoms with Crippen molar-refractivity contribution in [2.75, 3.05) is 13.2 Å². The molecule has 2 heteroatoms. The molecule has 0 saturated heterocycles. The molecule has 0 heterocycles. The van der Waals surface area contributed by atoms with E-state index in [-0.39, 0.29) is 0 Å². The summed E-state index contributed by atoms with van der Waals surface area (Å²) < 4.78 is 11.2. The number of benzene rings is 1. The van der Waals surface area contributed by atoms with Gasteiger partial charge in [0.2, 0.25) is 0 Å². The van der Waals surface area contributed by atoms with Crippen LogP contribution in [0.3, 0.4) is 0 Å². The second kappa shape index (κ2) is 6.21. The van der Waals surface area contributed by atoms with E-state index in [2.05, 4.69) is 6.08 Å². The highest BCUT2D eigenvalue weighted by molar-refractivity contribution is 5.20. The Morgan fingerprint density at radius 1 is 0.938 bits per heavy atom. The van der Waals surface area contributed by atoms with Gasteiger partial charge in [0.25, 0.3) is 0 Å². The van der Waals surface area contributed by atoms with Crippen molar-refractivity contribution in [3.05, 3.63) is 42.2 Å². The van der Waals surface area contributed by atoms with Gasteiger partial charge in [-0.25, -0.2) is 0 Å². The van der Waals surface area contributed by atoms with Crippen molar-refractivity contribution >= 4 is 0 Å². The van der Waals surface area contributed by atoms with Gasteiger partial charge in [0, 0.05) is 6.42 Å². The van der Waals surface area contributed by atoms with Gasteiger partial charge in [0.1, 0.15) is 19.0 Å². The van der Waals surface area contributed by atoms with Gasteiger partial charge in [-0.05, 0) is 37.5 Å². The fraction of sp³-hybridized carbons (Fsp3) is 0.429. The van der Waals surface area contributed by atoms with E-state index < -0.39 is 0 Å². The third-order valence-electron chi connectivity index (χ3n) is 2.63. The van der Waals surface area contributed by atoms with Crippen LogP contribution in [0.5, 0.6) is 5.75 Å². The first kappa shape index (κ1) is 11.1. The second-order valence-corrected chi connectivity index (χ2v) is 3.93. The summed E-state index contributed by atoms with van der Waals surface area (Å²) in [6.07, 6.45) is 7.00. The molecule has 0 aromatic heterocycles. The first-order valence-electron chi connectivity index (χ1n) is 5.95. The number of rotatable bonds is 5. The smallest absolute Gasteiger partial charge is 0.122 e. The predicted octanol–water partition coefficient (Wildman–Crippen LogP) is 3.54. The first-order valence-corrected chi connectivity index (χ1v) is 5.95. The summed E-state index contributed by atoms with van der Waals surface area (Å²) in [5.41, 5.74) is 0. The van der Waals surface area contributed by atoms with Crippen LogP contribution in [0.25, 0.3) is 0 Å². The van der Waals surface area contributed by atoms with Gasteiger partial charge >= 0.3 is 0 Å². The summed E-state index contributed by atoms with van der Waals surface area (Å²) >= 11 is 0. The molecule has 1 aliphatic rings. The largest absolute Gasteiger partial charge is 0.495 e. The van der Waals surface area contributed by atoms with E-state index in [0.717, 1.165) is 24.4 Å². The Morgan fingerprint density at radius 2 is 1.75 bits per heavy atom. The van der Waals surface area contributed by atoms with Crippen LogP contribution in [0.15, 0.2) is 42.2 Å². The van der Waals surface area contributed by atoms with E-state index in [1.807, 2.05) is 30.3 Å². The number of hydrogen-bond donors (Lipinski definition) is 0. The van der Waals surface area contributed by atoms with Crippen LogP contribution in [0.2, 0.25) is 0 Å². The van der Waals surface area contributed by atoms with Crippen molar-refractivity contribution < 1.29 is 9.47 Å². The fourth-order valence-corrected chi connectivity index (χ4v) is 1.79. The summed E-state index contributed by atoms with van der Waals surface area (Å²) in [5.74, 6) is 2.05. The molecule has 0 N–H and O–H groups in total. The van der Waals surface area contributed by atoms with E-state index in [9.17, 15) is 0 Å². The summed E-state index contributed by atoms with van der Waals surface area (Å²) in [7, 11) is 0. The molecule has 1 aliphatic carbocycles. The summed E-state index contributed by atoms with van der Waals surface area (Å²) in [6, 6.07) is 9.84. The SMILES string of the molecule is C1=C(OCCOc2ccccc2)CCCC1. The van der Waals surface area contributed by atoms with Crippen molar-refractivity contribution in [2.45, 2.75) is 25.7 Å². The minimum Gasteiger partial charge on any atom is -0.495 e. The molecular weight excluding hydrogens is 200 g/mol. The molecule has 0 fully saturated rings. The highest BCUT2D eigenvalue weighted by Crippen LogP contribution is 2.18. The minimum absolute atomic E-state index is 0.612. The Morgan fingerprint density at radius 3 is 2.50 bits per heavy atom. The topological polar surface area (TPSA) is 18.5 Å². The molecule has 0 bridgehead atoms. The summed E-state index contributed by atoms with van der Waals surface area (Å²) in [4.78, 5) is 0. The van der Waals surface area contributed by atoms with E-state index >= 15 is 0 Å². The average Bonchev–Trinajstić information content (AvgIpc) is 2.37. The number of ether oxygens (including phenoxy) is 2. The maximum absolute atomic E-state index is 5.64.